The Bertz CT molecular complexity index is 852. The first-order valence-electron chi connectivity index (χ1n) is 8.04. The van der Waals surface area contributed by atoms with Crippen LogP contribution in [0.5, 0.6) is 0 Å². The van der Waals surface area contributed by atoms with Crippen molar-refractivity contribution in [3.8, 4) is 0 Å². The molecule has 0 aliphatic carbocycles. The SMILES string of the molecule is Cc1ccccc1C(=O)Nc1cc(C2(C)CCSC(N)=N2)ccc1F. The number of rotatable bonds is 3. The molecule has 0 saturated heterocycles. The van der Waals surface area contributed by atoms with Crippen LogP contribution in [0.1, 0.15) is 34.8 Å². The van der Waals surface area contributed by atoms with Crippen molar-refractivity contribution in [2.24, 2.45) is 10.7 Å². The third-order valence-electron chi connectivity index (χ3n) is 4.42. The Hall–Kier alpha value is -2.34. The number of nitrogens with two attached hydrogens (primary N) is 1. The minimum absolute atomic E-state index is 0.152. The number of aryl methyl sites for hydroxylation is 1. The molecule has 0 aromatic heterocycles. The second-order valence-electron chi connectivity index (χ2n) is 6.29. The number of hydrogen-bond donors (Lipinski definition) is 2. The number of benzene rings is 2. The van der Waals surface area contributed by atoms with Gasteiger partial charge in [0, 0.05) is 11.3 Å². The zero-order chi connectivity index (χ0) is 18.0. The van der Waals surface area contributed by atoms with Crippen LogP contribution in [0.3, 0.4) is 0 Å². The van der Waals surface area contributed by atoms with Gasteiger partial charge in [-0.15, -0.1) is 0 Å². The average molecular weight is 357 g/mol. The summed E-state index contributed by atoms with van der Waals surface area (Å²) in [5.74, 6) is 0.0478. The molecule has 1 aliphatic heterocycles. The van der Waals surface area contributed by atoms with Crippen molar-refractivity contribution in [1.82, 2.24) is 0 Å². The Balaban J connectivity index is 1.91. The molecule has 0 saturated carbocycles. The van der Waals surface area contributed by atoms with Crippen LogP contribution < -0.4 is 11.1 Å². The number of amides is 1. The molecule has 3 N–H and O–H groups in total. The van der Waals surface area contributed by atoms with Gasteiger partial charge in [0.2, 0.25) is 0 Å². The maximum absolute atomic E-state index is 14.2. The van der Waals surface area contributed by atoms with E-state index >= 15 is 0 Å². The van der Waals surface area contributed by atoms with E-state index in [1.165, 1.54) is 17.8 Å². The van der Waals surface area contributed by atoms with Crippen molar-refractivity contribution in [2.75, 3.05) is 11.1 Å². The number of nitrogens with zero attached hydrogens (tertiary/aromatic N) is 1. The summed E-state index contributed by atoms with van der Waals surface area (Å²) in [6.45, 7) is 3.82. The van der Waals surface area contributed by atoms with E-state index in [0.29, 0.717) is 10.7 Å². The molecule has 4 nitrogen and oxygen atoms in total. The number of carbonyl (C=O) groups is 1. The summed E-state index contributed by atoms with van der Waals surface area (Å²) in [5.41, 5.74) is 7.69. The van der Waals surface area contributed by atoms with E-state index in [2.05, 4.69) is 10.3 Å². The van der Waals surface area contributed by atoms with Crippen molar-refractivity contribution in [1.29, 1.82) is 0 Å². The smallest absolute Gasteiger partial charge is 0.256 e. The van der Waals surface area contributed by atoms with Crippen LogP contribution in [-0.2, 0) is 5.54 Å². The average Bonchev–Trinajstić information content (AvgIpc) is 2.57. The first-order valence-corrected chi connectivity index (χ1v) is 9.03. The molecule has 2 aromatic rings. The second-order valence-corrected chi connectivity index (χ2v) is 7.40. The lowest BCUT2D eigenvalue weighted by Gasteiger charge is -2.30. The van der Waals surface area contributed by atoms with Gasteiger partial charge in [-0.05, 0) is 49.6 Å². The quantitative estimate of drug-likeness (QED) is 0.871. The molecule has 1 atom stereocenters. The van der Waals surface area contributed by atoms with Gasteiger partial charge in [0.25, 0.3) is 5.91 Å². The molecule has 1 amide bonds. The van der Waals surface area contributed by atoms with Crippen molar-refractivity contribution >= 4 is 28.5 Å². The standard InChI is InChI=1S/C19H20FN3OS/c1-12-5-3-4-6-14(12)17(24)22-16-11-13(7-8-15(16)20)19(2)9-10-25-18(21)23-19/h3-8,11H,9-10H2,1-2H3,(H2,21,23)(H,22,24). The van der Waals surface area contributed by atoms with Crippen molar-refractivity contribution in [3.05, 3.63) is 65.0 Å². The number of anilines is 1. The van der Waals surface area contributed by atoms with E-state index in [9.17, 15) is 9.18 Å². The monoisotopic (exact) mass is 357 g/mol. The van der Waals surface area contributed by atoms with Crippen LogP contribution in [0, 0.1) is 12.7 Å². The fourth-order valence-corrected chi connectivity index (χ4v) is 3.84. The highest BCUT2D eigenvalue weighted by atomic mass is 32.2. The number of nitrogens with one attached hydrogen (secondary N) is 1. The Kier molecular flexibility index (Phi) is 4.81. The van der Waals surface area contributed by atoms with Gasteiger partial charge in [-0.25, -0.2) is 4.39 Å². The van der Waals surface area contributed by atoms with E-state index < -0.39 is 11.4 Å². The summed E-state index contributed by atoms with van der Waals surface area (Å²) in [6.07, 6.45) is 0.801. The molecule has 2 aromatic carbocycles. The van der Waals surface area contributed by atoms with Crippen LogP contribution in [0.15, 0.2) is 47.5 Å². The second kappa shape index (κ2) is 6.88. The summed E-state index contributed by atoms with van der Waals surface area (Å²) >= 11 is 1.52. The number of halogens is 1. The molecule has 1 unspecified atom stereocenters. The molecule has 0 fully saturated rings. The lowest BCUT2D eigenvalue weighted by Crippen LogP contribution is -2.29. The lowest BCUT2D eigenvalue weighted by atomic mass is 9.89. The van der Waals surface area contributed by atoms with E-state index in [1.54, 1.807) is 24.3 Å². The van der Waals surface area contributed by atoms with Crippen molar-refractivity contribution < 1.29 is 9.18 Å². The molecule has 25 heavy (non-hydrogen) atoms. The van der Waals surface area contributed by atoms with Gasteiger partial charge >= 0.3 is 0 Å². The fraction of sp³-hybridized carbons (Fsp3) is 0.263. The van der Waals surface area contributed by atoms with E-state index in [4.69, 9.17) is 5.73 Å². The number of amidine groups is 1. The van der Waals surface area contributed by atoms with Gasteiger partial charge in [-0.3, -0.25) is 9.79 Å². The first-order chi connectivity index (χ1) is 11.9. The van der Waals surface area contributed by atoms with Crippen molar-refractivity contribution in [3.63, 3.8) is 0 Å². The number of carbonyl (C=O) groups excluding carboxylic acids is 1. The van der Waals surface area contributed by atoms with Crippen LogP contribution in [0.4, 0.5) is 10.1 Å². The van der Waals surface area contributed by atoms with Gasteiger partial charge in [0.15, 0.2) is 5.17 Å². The molecule has 0 radical (unpaired) electrons. The Morgan fingerprint density at radius 3 is 2.80 bits per heavy atom. The normalized spacial score (nSPS) is 20.0. The zero-order valence-electron chi connectivity index (χ0n) is 14.2. The van der Waals surface area contributed by atoms with Gasteiger partial charge in [0.05, 0.1) is 11.2 Å². The molecule has 0 spiro atoms. The molecule has 130 valence electrons. The number of aliphatic imine (C=N–C) groups is 1. The van der Waals surface area contributed by atoms with Crippen molar-refractivity contribution in [2.45, 2.75) is 25.8 Å². The summed E-state index contributed by atoms with van der Waals surface area (Å²) in [6, 6.07) is 11.9. The predicted molar refractivity (Wildman–Crippen MR) is 102 cm³/mol. The minimum Gasteiger partial charge on any atom is -0.379 e. The van der Waals surface area contributed by atoms with Crippen LogP contribution in [0.25, 0.3) is 0 Å². The van der Waals surface area contributed by atoms with Gasteiger partial charge in [-0.2, -0.15) is 0 Å². The highest BCUT2D eigenvalue weighted by Gasteiger charge is 2.30. The largest absolute Gasteiger partial charge is 0.379 e. The molecule has 6 heteroatoms. The third-order valence-corrected chi connectivity index (χ3v) is 5.22. The van der Waals surface area contributed by atoms with Crippen LogP contribution in [0.2, 0.25) is 0 Å². The van der Waals surface area contributed by atoms with Crippen LogP contribution >= 0.6 is 11.8 Å². The van der Waals surface area contributed by atoms with Crippen LogP contribution in [-0.4, -0.2) is 16.8 Å². The van der Waals surface area contributed by atoms with Gasteiger partial charge in [-0.1, -0.05) is 36.0 Å². The summed E-state index contributed by atoms with van der Waals surface area (Å²) in [4.78, 5) is 17.0. The maximum Gasteiger partial charge on any atom is 0.256 e. The molecule has 1 heterocycles. The third kappa shape index (κ3) is 3.69. The van der Waals surface area contributed by atoms with Gasteiger partial charge < -0.3 is 11.1 Å². The zero-order valence-corrected chi connectivity index (χ0v) is 15.0. The van der Waals surface area contributed by atoms with E-state index in [0.717, 1.165) is 23.3 Å². The lowest BCUT2D eigenvalue weighted by molar-refractivity contribution is 0.102. The van der Waals surface area contributed by atoms with E-state index in [-0.39, 0.29) is 11.6 Å². The molecule has 1 aliphatic rings. The summed E-state index contributed by atoms with van der Waals surface area (Å²) in [5, 5.41) is 3.21. The number of thioether (sulfide) groups is 1. The molecular weight excluding hydrogens is 337 g/mol. The van der Waals surface area contributed by atoms with Gasteiger partial charge in [0.1, 0.15) is 5.82 Å². The summed E-state index contributed by atoms with van der Waals surface area (Å²) in [7, 11) is 0. The Morgan fingerprint density at radius 1 is 1.32 bits per heavy atom. The summed E-state index contributed by atoms with van der Waals surface area (Å²) < 4.78 is 14.2. The minimum atomic E-state index is -0.509. The first kappa shape index (κ1) is 17.5. The number of hydrogen-bond acceptors (Lipinski definition) is 4. The highest BCUT2D eigenvalue weighted by molar-refractivity contribution is 8.13. The molecule has 3 rings (SSSR count). The molecule has 0 bridgehead atoms. The predicted octanol–water partition coefficient (Wildman–Crippen LogP) is 4.05. The Morgan fingerprint density at radius 2 is 2.08 bits per heavy atom. The Labute approximate surface area is 150 Å². The maximum atomic E-state index is 14.2. The topological polar surface area (TPSA) is 67.5 Å². The fourth-order valence-electron chi connectivity index (χ4n) is 2.87. The van der Waals surface area contributed by atoms with E-state index in [1.807, 2.05) is 26.0 Å². The highest BCUT2D eigenvalue weighted by Crippen LogP contribution is 2.36. The molecular formula is C19H20FN3OS.